The first-order valence-electron chi connectivity index (χ1n) is 8.84. The van der Waals surface area contributed by atoms with Crippen LogP contribution in [0.3, 0.4) is 0 Å². The van der Waals surface area contributed by atoms with Gasteiger partial charge in [-0.1, -0.05) is 23.7 Å². The monoisotopic (exact) mass is 413 g/mol. The Morgan fingerprint density at radius 2 is 2.21 bits per heavy atom. The summed E-state index contributed by atoms with van der Waals surface area (Å²) in [5.74, 6) is -0.169. The van der Waals surface area contributed by atoms with Gasteiger partial charge in [-0.15, -0.1) is 0 Å². The predicted octanol–water partition coefficient (Wildman–Crippen LogP) is 3.03. The van der Waals surface area contributed by atoms with E-state index in [4.69, 9.17) is 16.0 Å². The summed E-state index contributed by atoms with van der Waals surface area (Å²) >= 11 is 6.15. The van der Waals surface area contributed by atoms with E-state index in [1.54, 1.807) is 23.1 Å². The summed E-state index contributed by atoms with van der Waals surface area (Å²) in [6, 6.07) is 8.67. The number of nitro groups is 1. The Hall–Kier alpha value is -3.30. The lowest BCUT2D eigenvalue weighted by atomic mass is 9.91. The number of hydrogen-bond acceptors (Lipinski definition) is 8. The molecule has 1 aromatic carbocycles. The maximum absolute atomic E-state index is 13.3. The van der Waals surface area contributed by atoms with Crippen LogP contribution in [0.4, 0.5) is 11.5 Å². The van der Waals surface area contributed by atoms with Crippen molar-refractivity contribution in [2.24, 2.45) is 0 Å². The van der Waals surface area contributed by atoms with Crippen LogP contribution in [0.15, 0.2) is 59.6 Å². The molecule has 0 spiro atoms. The molecular weight excluding hydrogens is 398 g/mol. The number of rotatable bonds is 5. The van der Waals surface area contributed by atoms with Crippen LogP contribution in [0.5, 0.6) is 0 Å². The fraction of sp³-hybridized carbons (Fsp3) is 0.211. The second-order valence-electron chi connectivity index (χ2n) is 6.46. The molecule has 1 aliphatic rings. The van der Waals surface area contributed by atoms with Crippen molar-refractivity contribution in [2.45, 2.75) is 12.1 Å². The lowest BCUT2D eigenvalue weighted by Gasteiger charge is -2.41. The number of nitrogens with one attached hydrogen (secondary N) is 1. The molecular formula is C19H16ClN5O4. The SMILES string of the molecule is O=C(c1cnco1)C1C(c2cccc(Cl)c2)NCCN1c1ncccc1[N+](=O)[O-]. The topological polar surface area (TPSA) is 114 Å². The summed E-state index contributed by atoms with van der Waals surface area (Å²) in [4.78, 5) is 34.1. The molecule has 2 atom stereocenters. The van der Waals surface area contributed by atoms with Gasteiger partial charge < -0.3 is 14.6 Å². The van der Waals surface area contributed by atoms with E-state index in [2.05, 4.69) is 15.3 Å². The number of carbonyl (C=O) groups is 1. The third kappa shape index (κ3) is 3.69. The average Bonchev–Trinajstić information content (AvgIpc) is 3.27. The van der Waals surface area contributed by atoms with E-state index in [-0.39, 0.29) is 23.0 Å². The molecule has 2 unspecified atom stereocenters. The Kier molecular flexibility index (Phi) is 5.24. The molecule has 1 aliphatic heterocycles. The fourth-order valence-electron chi connectivity index (χ4n) is 3.54. The van der Waals surface area contributed by atoms with Gasteiger partial charge in [0.2, 0.25) is 11.6 Å². The maximum atomic E-state index is 13.3. The number of nitrogens with zero attached hydrogens (tertiary/aromatic N) is 4. The lowest BCUT2D eigenvalue weighted by Crippen LogP contribution is -2.57. The molecule has 9 nitrogen and oxygen atoms in total. The Morgan fingerprint density at radius 1 is 1.34 bits per heavy atom. The molecule has 1 N–H and O–H groups in total. The highest BCUT2D eigenvalue weighted by Gasteiger charge is 2.42. The minimum absolute atomic E-state index is 0.0642. The standard InChI is InChI=1S/C19H16ClN5O4/c20-13-4-1-3-12(9-13)16-17(18(26)15-10-21-11-29-15)24(8-7-22-16)19-14(25(27)28)5-2-6-23-19/h1-6,9-11,16-17,22H,7-8H2. The highest BCUT2D eigenvalue weighted by molar-refractivity contribution is 6.30. The number of Topliss-reactive ketones (excluding diaryl/α,β-unsaturated/α-hetero) is 1. The third-order valence-electron chi connectivity index (χ3n) is 4.75. The second-order valence-corrected chi connectivity index (χ2v) is 6.89. The molecule has 148 valence electrons. The molecule has 29 heavy (non-hydrogen) atoms. The van der Waals surface area contributed by atoms with Crippen molar-refractivity contribution in [2.75, 3.05) is 18.0 Å². The maximum Gasteiger partial charge on any atom is 0.311 e. The number of hydrogen-bond donors (Lipinski definition) is 1. The van der Waals surface area contributed by atoms with Gasteiger partial charge in [0.15, 0.2) is 12.2 Å². The summed E-state index contributed by atoms with van der Waals surface area (Å²) in [5.41, 5.74) is 0.605. The average molecular weight is 414 g/mol. The van der Waals surface area contributed by atoms with Crippen molar-refractivity contribution in [3.8, 4) is 0 Å². The molecule has 3 aromatic rings. The molecule has 0 amide bonds. The minimum atomic E-state index is -0.844. The lowest BCUT2D eigenvalue weighted by molar-refractivity contribution is -0.384. The van der Waals surface area contributed by atoms with Gasteiger partial charge in [-0.2, -0.15) is 0 Å². The Labute approximate surface area is 170 Å². The minimum Gasteiger partial charge on any atom is -0.440 e. The smallest absolute Gasteiger partial charge is 0.311 e. The van der Waals surface area contributed by atoms with Crippen LogP contribution in [0, 0.1) is 10.1 Å². The van der Waals surface area contributed by atoms with E-state index in [0.29, 0.717) is 18.1 Å². The number of anilines is 1. The van der Waals surface area contributed by atoms with Gasteiger partial charge in [-0.05, 0) is 23.8 Å². The zero-order valence-corrected chi connectivity index (χ0v) is 15.8. The molecule has 0 saturated carbocycles. The number of carbonyl (C=O) groups excluding carboxylic acids is 1. The van der Waals surface area contributed by atoms with Crippen LogP contribution in [-0.2, 0) is 0 Å². The van der Waals surface area contributed by atoms with Crippen molar-refractivity contribution in [3.05, 3.63) is 81.6 Å². The molecule has 3 heterocycles. The Morgan fingerprint density at radius 3 is 2.93 bits per heavy atom. The van der Waals surface area contributed by atoms with Gasteiger partial charge >= 0.3 is 5.69 Å². The zero-order valence-electron chi connectivity index (χ0n) is 15.1. The van der Waals surface area contributed by atoms with E-state index in [0.717, 1.165) is 5.56 Å². The quantitative estimate of drug-likeness (QED) is 0.385. The molecule has 0 aliphatic carbocycles. The van der Waals surface area contributed by atoms with Gasteiger partial charge in [0.25, 0.3) is 0 Å². The van der Waals surface area contributed by atoms with Gasteiger partial charge in [-0.3, -0.25) is 14.9 Å². The molecule has 0 radical (unpaired) electrons. The summed E-state index contributed by atoms with van der Waals surface area (Å²) in [5, 5.41) is 15.4. The zero-order chi connectivity index (χ0) is 20.4. The number of halogens is 1. The first-order chi connectivity index (χ1) is 14.1. The molecule has 1 saturated heterocycles. The Bertz CT molecular complexity index is 1040. The van der Waals surface area contributed by atoms with Crippen LogP contribution < -0.4 is 10.2 Å². The summed E-state index contributed by atoms with van der Waals surface area (Å²) < 4.78 is 5.22. The summed E-state index contributed by atoms with van der Waals surface area (Å²) in [7, 11) is 0. The van der Waals surface area contributed by atoms with E-state index >= 15 is 0 Å². The van der Waals surface area contributed by atoms with Crippen LogP contribution >= 0.6 is 11.6 Å². The largest absolute Gasteiger partial charge is 0.440 e. The number of aromatic nitrogens is 2. The van der Waals surface area contributed by atoms with Gasteiger partial charge in [0, 0.05) is 30.4 Å². The fourth-order valence-corrected chi connectivity index (χ4v) is 3.74. The van der Waals surface area contributed by atoms with Crippen LogP contribution in [0.25, 0.3) is 0 Å². The summed E-state index contributed by atoms with van der Waals surface area (Å²) in [6.45, 7) is 0.838. The van der Waals surface area contributed by atoms with Crippen LogP contribution in [0.2, 0.25) is 5.02 Å². The molecule has 1 fully saturated rings. The van der Waals surface area contributed by atoms with Crippen LogP contribution in [0.1, 0.15) is 22.2 Å². The molecule has 0 bridgehead atoms. The molecule has 10 heteroatoms. The third-order valence-corrected chi connectivity index (χ3v) is 4.99. The van der Waals surface area contributed by atoms with E-state index in [1.165, 1.54) is 30.9 Å². The van der Waals surface area contributed by atoms with Crippen molar-refractivity contribution < 1.29 is 14.1 Å². The van der Waals surface area contributed by atoms with Crippen molar-refractivity contribution in [1.82, 2.24) is 15.3 Å². The molecule has 2 aromatic heterocycles. The number of benzene rings is 1. The number of piperazine rings is 1. The normalized spacial score (nSPS) is 19.1. The predicted molar refractivity (Wildman–Crippen MR) is 105 cm³/mol. The van der Waals surface area contributed by atoms with Crippen molar-refractivity contribution >= 4 is 28.9 Å². The first-order valence-corrected chi connectivity index (χ1v) is 9.21. The number of oxazole rings is 1. The van der Waals surface area contributed by atoms with Crippen LogP contribution in [-0.4, -0.2) is 39.8 Å². The van der Waals surface area contributed by atoms with Crippen molar-refractivity contribution in [1.29, 1.82) is 0 Å². The van der Waals surface area contributed by atoms with E-state index in [9.17, 15) is 14.9 Å². The Balaban J connectivity index is 1.83. The van der Waals surface area contributed by atoms with Gasteiger partial charge in [0.1, 0.15) is 6.04 Å². The first kappa shape index (κ1) is 19.0. The van der Waals surface area contributed by atoms with Gasteiger partial charge in [0.05, 0.1) is 17.2 Å². The van der Waals surface area contributed by atoms with E-state index in [1.807, 2.05) is 6.07 Å². The number of ketones is 1. The van der Waals surface area contributed by atoms with E-state index < -0.39 is 17.0 Å². The van der Waals surface area contributed by atoms with Gasteiger partial charge in [-0.25, -0.2) is 9.97 Å². The molecule has 4 rings (SSSR count). The summed E-state index contributed by atoms with van der Waals surface area (Å²) in [6.07, 6.45) is 3.97. The number of pyridine rings is 1. The van der Waals surface area contributed by atoms with Crippen molar-refractivity contribution in [3.63, 3.8) is 0 Å². The highest BCUT2D eigenvalue weighted by atomic mass is 35.5. The highest BCUT2D eigenvalue weighted by Crippen LogP contribution is 2.34. The second kappa shape index (κ2) is 7.98.